The van der Waals surface area contributed by atoms with Crippen LogP contribution < -0.4 is 0 Å². The molecule has 10 atom stereocenters. The second-order valence-electron chi connectivity index (χ2n) is 6.82. The van der Waals surface area contributed by atoms with E-state index >= 15 is 0 Å². The Hall–Kier alpha value is -0.570. The number of ether oxygens (including phenoxy) is 2. The highest BCUT2D eigenvalue weighted by Gasteiger charge is 2.94. The maximum absolute atomic E-state index is 11.4. The average Bonchev–Trinajstić information content (AvgIpc) is 2.73. The van der Waals surface area contributed by atoms with Gasteiger partial charge < -0.3 is 9.47 Å². The Labute approximate surface area is 93.5 Å². The van der Waals surface area contributed by atoms with Gasteiger partial charge in [0, 0.05) is 18.8 Å². The molecule has 84 valence electrons. The van der Waals surface area contributed by atoms with Gasteiger partial charge in [-0.25, -0.2) is 0 Å². The SMILES string of the molecule is CC(=O)O[C@@]12O[C@@H]3[C@@H]4[C@@H]5[C@@H]6C[C@@H]([C@H]5[C@@H]41)[C@@H]2[C@@H]63. The van der Waals surface area contributed by atoms with Crippen LogP contribution in [0, 0.1) is 47.3 Å². The number of esters is 1. The number of carbonyl (C=O) groups excluding carboxylic acids is 1. The Morgan fingerprint density at radius 3 is 2.88 bits per heavy atom. The molecular formula is C13H14O3. The fourth-order valence-electron chi connectivity index (χ4n) is 7.31. The number of hydrogen-bond donors (Lipinski definition) is 0. The van der Waals surface area contributed by atoms with Crippen LogP contribution in [0.2, 0.25) is 0 Å². The lowest BCUT2D eigenvalue weighted by atomic mass is 9.59. The summed E-state index contributed by atoms with van der Waals surface area (Å²) in [5.74, 6) is 5.71. The summed E-state index contributed by atoms with van der Waals surface area (Å²) in [6, 6.07) is 0. The maximum Gasteiger partial charge on any atom is 0.305 e. The molecule has 0 aromatic heterocycles. The maximum atomic E-state index is 11.4. The Bertz CT molecular complexity index is 450. The van der Waals surface area contributed by atoms with Crippen molar-refractivity contribution in [3.05, 3.63) is 0 Å². The van der Waals surface area contributed by atoms with Gasteiger partial charge in [-0.05, 0) is 41.9 Å². The van der Waals surface area contributed by atoms with Gasteiger partial charge >= 0.3 is 5.97 Å². The molecule has 7 rings (SSSR count). The average molecular weight is 218 g/mol. The molecule has 7 aliphatic rings. The van der Waals surface area contributed by atoms with Gasteiger partial charge in [0.1, 0.15) is 0 Å². The third kappa shape index (κ3) is 0.430. The molecule has 0 aromatic rings. The van der Waals surface area contributed by atoms with Crippen molar-refractivity contribution in [1.82, 2.24) is 0 Å². The standard InChI is InChI=1S/C13H14O3/c1-3(14)15-13-10-5-2-4-6-7(5)11(13)9(6)12(16-13)8(4)10/h4-12H,2H2,1H3/t4-,5-,6+,7+,8+,9+,10+,11-,12-,13-/m0/s1. The van der Waals surface area contributed by atoms with Crippen LogP contribution in [0.15, 0.2) is 0 Å². The molecule has 0 aromatic carbocycles. The Morgan fingerprint density at radius 1 is 1.19 bits per heavy atom. The normalized spacial score (nSPS) is 77.7. The summed E-state index contributed by atoms with van der Waals surface area (Å²) in [5.41, 5.74) is 0. The predicted octanol–water partition coefficient (Wildman–Crippen LogP) is 1.03. The molecule has 3 heteroatoms. The lowest BCUT2D eigenvalue weighted by Crippen LogP contribution is -2.50. The van der Waals surface area contributed by atoms with Gasteiger partial charge in [0.15, 0.2) is 0 Å². The largest absolute Gasteiger partial charge is 0.433 e. The van der Waals surface area contributed by atoms with E-state index < -0.39 is 5.79 Å². The summed E-state index contributed by atoms with van der Waals surface area (Å²) >= 11 is 0. The molecular weight excluding hydrogens is 204 g/mol. The van der Waals surface area contributed by atoms with E-state index in [1.54, 1.807) is 0 Å². The highest BCUT2D eigenvalue weighted by Crippen LogP contribution is 2.90. The molecule has 5 aliphatic carbocycles. The molecule has 2 saturated heterocycles. The summed E-state index contributed by atoms with van der Waals surface area (Å²) in [5, 5.41) is 0. The highest BCUT2D eigenvalue weighted by atomic mass is 16.7. The topological polar surface area (TPSA) is 35.5 Å². The summed E-state index contributed by atoms with van der Waals surface area (Å²) < 4.78 is 11.9. The second kappa shape index (κ2) is 1.76. The van der Waals surface area contributed by atoms with Crippen LogP contribution in [-0.4, -0.2) is 17.9 Å². The first-order valence-corrected chi connectivity index (χ1v) is 6.61. The van der Waals surface area contributed by atoms with E-state index in [4.69, 9.17) is 9.47 Å². The smallest absolute Gasteiger partial charge is 0.305 e. The van der Waals surface area contributed by atoms with Crippen molar-refractivity contribution in [2.75, 3.05) is 0 Å². The van der Waals surface area contributed by atoms with Gasteiger partial charge in [-0.3, -0.25) is 4.79 Å². The van der Waals surface area contributed by atoms with Crippen molar-refractivity contribution in [2.45, 2.75) is 25.2 Å². The van der Waals surface area contributed by atoms with Crippen LogP contribution in [0.5, 0.6) is 0 Å². The quantitative estimate of drug-likeness (QED) is 0.617. The number of carbonyl (C=O) groups is 1. The minimum atomic E-state index is -0.442. The van der Waals surface area contributed by atoms with Gasteiger partial charge in [0.05, 0.1) is 6.10 Å². The number of hydrogen-bond acceptors (Lipinski definition) is 3. The first-order chi connectivity index (χ1) is 7.74. The zero-order valence-corrected chi connectivity index (χ0v) is 9.13. The molecule has 0 spiro atoms. The third-order valence-electron chi connectivity index (χ3n) is 6.93. The van der Waals surface area contributed by atoms with Crippen LogP contribution >= 0.6 is 0 Å². The molecule has 16 heavy (non-hydrogen) atoms. The summed E-state index contributed by atoms with van der Waals surface area (Å²) in [6.45, 7) is 1.53. The zero-order valence-electron chi connectivity index (χ0n) is 9.13. The van der Waals surface area contributed by atoms with Crippen molar-refractivity contribution in [1.29, 1.82) is 0 Å². The molecule has 0 radical (unpaired) electrons. The van der Waals surface area contributed by atoms with Crippen molar-refractivity contribution in [3.63, 3.8) is 0 Å². The van der Waals surface area contributed by atoms with Gasteiger partial charge in [0.25, 0.3) is 0 Å². The summed E-state index contributed by atoms with van der Waals surface area (Å²) in [7, 11) is 0. The van der Waals surface area contributed by atoms with E-state index in [0.29, 0.717) is 17.9 Å². The third-order valence-corrected chi connectivity index (χ3v) is 6.93. The summed E-state index contributed by atoms with van der Waals surface area (Å²) in [6.07, 6.45) is 1.88. The van der Waals surface area contributed by atoms with E-state index in [9.17, 15) is 4.79 Å². The molecule has 2 heterocycles. The lowest BCUT2D eigenvalue weighted by molar-refractivity contribution is -0.228. The zero-order chi connectivity index (χ0) is 10.4. The fraction of sp³-hybridized carbons (Fsp3) is 0.923. The van der Waals surface area contributed by atoms with Gasteiger partial charge in [-0.15, -0.1) is 0 Å². The lowest BCUT2D eigenvalue weighted by Gasteiger charge is -2.44. The molecule has 3 nitrogen and oxygen atoms in total. The molecule has 0 amide bonds. The van der Waals surface area contributed by atoms with Crippen LogP contribution in [0.4, 0.5) is 0 Å². The van der Waals surface area contributed by atoms with Crippen LogP contribution in [0.1, 0.15) is 13.3 Å². The molecule has 0 unspecified atom stereocenters. The minimum absolute atomic E-state index is 0.145. The van der Waals surface area contributed by atoms with E-state index in [1.807, 2.05) is 0 Å². The van der Waals surface area contributed by atoms with Crippen LogP contribution in [0.3, 0.4) is 0 Å². The highest BCUT2D eigenvalue weighted by molar-refractivity contribution is 5.67. The van der Waals surface area contributed by atoms with Gasteiger partial charge in [-0.2, -0.15) is 0 Å². The van der Waals surface area contributed by atoms with Crippen molar-refractivity contribution < 1.29 is 14.3 Å². The Balaban J connectivity index is 1.62. The molecule has 4 bridgehead atoms. The van der Waals surface area contributed by atoms with E-state index in [1.165, 1.54) is 13.3 Å². The van der Waals surface area contributed by atoms with Crippen LogP contribution in [-0.2, 0) is 14.3 Å². The second-order valence-corrected chi connectivity index (χ2v) is 6.82. The van der Waals surface area contributed by atoms with Crippen molar-refractivity contribution in [3.8, 4) is 0 Å². The van der Waals surface area contributed by atoms with Crippen molar-refractivity contribution >= 4 is 5.97 Å². The number of rotatable bonds is 1. The minimum Gasteiger partial charge on any atom is -0.433 e. The summed E-state index contributed by atoms with van der Waals surface area (Å²) in [4.78, 5) is 11.4. The molecule has 2 aliphatic heterocycles. The molecule has 5 saturated carbocycles. The van der Waals surface area contributed by atoms with Crippen molar-refractivity contribution in [2.24, 2.45) is 47.3 Å². The molecule has 0 N–H and O–H groups in total. The van der Waals surface area contributed by atoms with E-state index in [-0.39, 0.29) is 5.97 Å². The van der Waals surface area contributed by atoms with Gasteiger partial charge in [-0.1, -0.05) is 0 Å². The van der Waals surface area contributed by atoms with Crippen LogP contribution in [0.25, 0.3) is 0 Å². The van der Waals surface area contributed by atoms with Gasteiger partial charge in [0.2, 0.25) is 5.79 Å². The first kappa shape index (κ1) is 7.70. The van der Waals surface area contributed by atoms with E-state index in [0.717, 1.165) is 35.5 Å². The Kier molecular flexibility index (Phi) is 0.848. The van der Waals surface area contributed by atoms with E-state index in [2.05, 4.69) is 0 Å². The fourth-order valence-corrected chi connectivity index (χ4v) is 7.31. The predicted molar refractivity (Wildman–Crippen MR) is 51.9 cm³/mol. The monoisotopic (exact) mass is 218 g/mol. The molecule has 7 fully saturated rings. The Morgan fingerprint density at radius 2 is 2.06 bits per heavy atom. The first-order valence-electron chi connectivity index (χ1n) is 6.61.